The van der Waals surface area contributed by atoms with Crippen LogP contribution in [0.25, 0.3) is 55.8 Å². The quantitative estimate of drug-likeness (QED) is 0.0222. The van der Waals surface area contributed by atoms with Crippen molar-refractivity contribution in [3.05, 3.63) is 300 Å². The number of carbonyl (C=O) groups is 4. The Morgan fingerprint density at radius 1 is 0.276 bits per heavy atom. The predicted molar refractivity (Wildman–Crippen MR) is 515 cm³/mol. The van der Waals surface area contributed by atoms with E-state index in [1.165, 1.54) is 139 Å². The van der Waals surface area contributed by atoms with Gasteiger partial charge in [0.25, 0.3) is 0 Å². The van der Waals surface area contributed by atoms with Gasteiger partial charge in [-0.3, -0.25) is 19.2 Å². The molecule has 13 aromatic rings. The molecule has 4 amide bonds. The Morgan fingerprint density at radius 3 is 0.898 bits per heavy atom. The van der Waals surface area contributed by atoms with E-state index in [1.54, 1.807) is 24.8 Å². The highest BCUT2D eigenvalue weighted by Gasteiger charge is 2.26. The number of hydrogen-bond donors (Lipinski definition) is 8. The van der Waals surface area contributed by atoms with Crippen LogP contribution in [0, 0.1) is 23.7 Å². The number of nitrogen functional groups attached to an aromatic ring is 4. The van der Waals surface area contributed by atoms with E-state index in [1.807, 2.05) is 194 Å². The molecule has 0 unspecified atom stereocenters. The van der Waals surface area contributed by atoms with Crippen molar-refractivity contribution in [2.45, 2.75) is 199 Å². The lowest BCUT2D eigenvalue weighted by Gasteiger charge is -2.22. The molecule has 20 heteroatoms. The molecule has 4 aliphatic rings. The highest BCUT2D eigenvalue weighted by Crippen LogP contribution is 2.36. The van der Waals surface area contributed by atoms with Crippen molar-refractivity contribution in [3.8, 4) is 45.0 Å². The van der Waals surface area contributed by atoms with Gasteiger partial charge in [0, 0.05) is 57.8 Å². The molecule has 17 rings (SSSR count). The van der Waals surface area contributed by atoms with Gasteiger partial charge in [0.15, 0.2) is 23.3 Å². The van der Waals surface area contributed by atoms with E-state index in [2.05, 4.69) is 77.6 Å². The van der Waals surface area contributed by atoms with Crippen molar-refractivity contribution in [2.24, 2.45) is 23.7 Å². The third-order valence-corrected chi connectivity index (χ3v) is 24.6. The summed E-state index contributed by atoms with van der Waals surface area (Å²) in [7, 11) is 0. The number of carbonyl (C=O) groups excluding carboxylic acids is 4. The first-order chi connectivity index (χ1) is 62.1. The van der Waals surface area contributed by atoms with Gasteiger partial charge in [0.05, 0.1) is 83.2 Å². The Labute approximate surface area is 747 Å². The molecule has 4 fully saturated rings. The second-order valence-corrected chi connectivity index (χ2v) is 34.6. The van der Waals surface area contributed by atoms with E-state index in [0.717, 1.165) is 151 Å². The summed E-state index contributed by atoms with van der Waals surface area (Å²) < 4.78 is 0. The van der Waals surface area contributed by atoms with Gasteiger partial charge in [-0.25, -0.2) is 39.9 Å². The van der Waals surface area contributed by atoms with Crippen LogP contribution in [0.15, 0.2) is 255 Å². The zero-order valence-electron chi connectivity index (χ0n) is 73.0. The van der Waals surface area contributed by atoms with Gasteiger partial charge in [-0.05, 0) is 150 Å². The largest absolute Gasteiger partial charge is 0.399 e. The molecule has 4 heterocycles. The Balaban J connectivity index is 0.000000137. The van der Waals surface area contributed by atoms with Crippen LogP contribution < -0.4 is 44.2 Å². The second kappa shape index (κ2) is 46.6. The third-order valence-electron chi connectivity index (χ3n) is 24.6. The van der Waals surface area contributed by atoms with Crippen molar-refractivity contribution >= 4 is 80.4 Å². The number of anilines is 8. The topological polar surface area (TPSA) is 324 Å². The maximum absolute atomic E-state index is 13.0. The number of aromatic nitrogens is 8. The summed E-state index contributed by atoms with van der Waals surface area (Å²) in [6.07, 6.45) is 39.4. The molecule has 0 spiro atoms. The van der Waals surface area contributed by atoms with Crippen LogP contribution in [0.5, 0.6) is 0 Å². The highest BCUT2D eigenvalue weighted by atomic mass is 16.2. The van der Waals surface area contributed by atoms with Crippen LogP contribution in [-0.2, 0) is 70.5 Å². The Morgan fingerprint density at radius 2 is 0.559 bits per heavy atom. The summed E-state index contributed by atoms with van der Waals surface area (Å²) in [6.45, 7) is 0. The number of fused-ring (bicyclic) bond motifs is 1. The van der Waals surface area contributed by atoms with E-state index in [9.17, 15) is 19.2 Å². The zero-order valence-corrected chi connectivity index (χ0v) is 73.0. The number of nitrogens with zero attached hydrogens (tertiary/aromatic N) is 8. The summed E-state index contributed by atoms with van der Waals surface area (Å²) in [5.41, 5.74) is 41.3. The van der Waals surface area contributed by atoms with E-state index < -0.39 is 0 Å². The number of nitrogens with two attached hydrogens (primary N) is 4. The van der Waals surface area contributed by atoms with Crippen molar-refractivity contribution in [2.75, 3.05) is 44.2 Å². The molecular weight excluding hydrogens is 1570 g/mol. The molecule has 652 valence electrons. The molecule has 127 heavy (non-hydrogen) atoms. The standard InChI is InChI=1S/C29H30N4O.C27H32N4O.C26H30N4O.C25H28N4O/c30-25-14-12-23(13-15-25)27-19-31-29(26(32-27)17-20-6-2-1-3-7-20)33-28(34)18-21-10-11-22-8-4-5-9-24(22)16-21;28-23-16-14-22(15-17-23)25-19-29-27(24(30-25)18-21-10-5-2-6-11-21)31-26(32)13-7-12-20-8-3-1-4-9-20;27-22-14-12-21(13-15-22)24-18-28-26(23(29-24)17-20-9-5-2-6-10-20)30-25(31)16-11-19-7-3-1-4-8-19;26-21-13-11-20(12-14-21)23-17-27-25(22(28-23)15-18-7-3-1-4-8-18)29-24(30)16-19-9-5-2-6-10-19/h4-5,8-16,19-20H,1-3,6-7,17-18,30H2,(H,31,33,34);1,3-4,8-9,14-17,19,21H,2,5-7,10-13,18,28H2,(H,29,31,32);1,3-4,7-8,12-15,18,20H,2,5-6,9-11,16-17,27H2,(H,28,30,31);2,5-6,9-14,17-18H,1,3-4,7-8,15-16,26H2,(H,27,29,30). The summed E-state index contributed by atoms with van der Waals surface area (Å²) in [5, 5.41) is 14.4. The zero-order chi connectivity index (χ0) is 87.7. The minimum absolute atomic E-state index is 0.000333. The van der Waals surface area contributed by atoms with E-state index in [-0.39, 0.29) is 23.6 Å². The van der Waals surface area contributed by atoms with Crippen LogP contribution in [0.4, 0.5) is 46.0 Å². The first-order valence-electron chi connectivity index (χ1n) is 45.8. The van der Waals surface area contributed by atoms with E-state index in [4.69, 9.17) is 42.9 Å². The number of aryl methyl sites for hydroxylation is 2. The number of hydrogen-bond acceptors (Lipinski definition) is 16. The summed E-state index contributed by atoms with van der Waals surface area (Å²) in [6, 6.07) is 75.1. The minimum Gasteiger partial charge on any atom is -0.399 e. The lowest BCUT2D eigenvalue weighted by Crippen LogP contribution is -2.19. The molecule has 9 aromatic carbocycles. The summed E-state index contributed by atoms with van der Waals surface area (Å²) in [5.74, 6) is 4.59. The van der Waals surface area contributed by atoms with Crippen LogP contribution >= 0.6 is 0 Å². The van der Waals surface area contributed by atoms with Crippen LogP contribution in [-0.4, -0.2) is 63.5 Å². The monoisotopic (exact) mass is 1690 g/mol. The Hall–Kier alpha value is -13.4. The minimum atomic E-state index is -0.0743. The summed E-state index contributed by atoms with van der Waals surface area (Å²) in [4.78, 5) is 89.1. The molecule has 0 radical (unpaired) electrons. The van der Waals surface area contributed by atoms with Gasteiger partial charge in [0.2, 0.25) is 23.6 Å². The van der Waals surface area contributed by atoms with E-state index in [0.29, 0.717) is 79.0 Å². The highest BCUT2D eigenvalue weighted by molar-refractivity contribution is 5.94. The SMILES string of the molecule is Nc1ccc(-c2cnc(NC(=O)CCCc3ccccc3)c(CC3CCCCC3)n2)cc1.Nc1ccc(-c2cnc(NC(=O)CCc3ccccc3)c(CC3CCCCC3)n2)cc1.Nc1ccc(-c2cnc(NC(=O)Cc3ccc4ccccc4c3)c(CC3CCCCC3)n2)cc1.Nc1ccc(-c2cnc(NC(=O)Cc3ccccc3)c(CC3CCCCC3)n2)cc1. The molecule has 0 atom stereocenters. The first-order valence-corrected chi connectivity index (χ1v) is 45.8. The number of rotatable bonds is 27. The smallest absolute Gasteiger partial charge is 0.229 e. The molecule has 12 N–H and O–H groups in total. The van der Waals surface area contributed by atoms with Gasteiger partial charge in [0.1, 0.15) is 0 Å². The maximum atomic E-state index is 13.0. The molecule has 20 nitrogen and oxygen atoms in total. The van der Waals surface area contributed by atoms with Crippen LogP contribution in [0.3, 0.4) is 0 Å². The molecule has 0 saturated heterocycles. The maximum Gasteiger partial charge on any atom is 0.229 e. The lowest BCUT2D eigenvalue weighted by molar-refractivity contribution is -0.117. The summed E-state index contributed by atoms with van der Waals surface area (Å²) >= 11 is 0. The molecule has 4 aliphatic carbocycles. The fraction of sp³-hybridized carbons (Fsp3) is 0.327. The first kappa shape index (κ1) is 89.9. The molecule has 4 aromatic heterocycles. The van der Waals surface area contributed by atoms with Crippen molar-refractivity contribution in [3.63, 3.8) is 0 Å². The van der Waals surface area contributed by atoms with Crippen molar-refractivity contribution < 1.29 is 19.2 Å². The molecular formula is C107H120N16O4. The molecule has 4 saturated carbocycles. The van der Waals surface area contributed by atoms with Crippen molar-refractivity contribution in [1.29, 1.82) is 0 Å². The number of nitrogens with one attached hydrogen (secondary N) is 4. The lowest BCUT2D eigenvalue weighted by atomic mass is 9.86. The fourth-order valence-electron chi connectivity index (χ4n) is 17.6. The Kier molecular flexibility index (Phi) is 33.0. The average Bonchev–Trinajstić information content (AvgIpc) is 0.829. The van der Waals surface area contributed by atoms with Crippen LogP contribution in [0.2, 0.25) is 0 Å². The fourth-order valence-corrected chi connectivity index (χ4v) is 17.6. The molecule has 0 aliphatic heterocycles. The van der Waals surface area contributed by atoms with Gasteiger partial charge < -0.3 is 44.2 Å². The Bertz CT molecular complexity index is 5680. The molecule has 0 bridgehead atoms. The van der Waals surface area contributed by atoms with Crippen LogP contribution in [0.1, 0.15) is 193 Å². The van der Waals surface area contributed by atoms with Gasteiger partial charge in [-0.15, -0.1) is 0 Å². The third kappa shape index (κ3) is 28.1. The predicted octanol–water partition coefficient (Wildman–Crippen LogP) is 22.4. The van der Waals surface area contributed by atoms with Gasteiger partial charge in [-0.1, -0.05) is 310 Å². The number of amides is 4. The van der Waals surface area contributed by atoms with Gasteiger partial charge in [-0.2, -0.15) is 0 Å². The average molecular weight is 1690 g/mol. The van der Waals surface area contributed by atoms with Crippen molar-refractivity contribution in [1.82, 2.24) is 39.9 Å². The van der Waals surface area contributed by atoms with E-state index >= 15 is 0 Å². The second-order valence-electron chi connectivity index (χ2n) is 34.6. The van der Waals surface area contributed by atoms with Gasteiger partial charge >= 0.3 is 0 Å². The number of benzene rings is 9. The normalized spacial score (nSPS) is 14.3.